The lowest BCUT2D eigenvalue weighted by Crippen LogP contribution is -2.28. The molecular weight excluding hydrogens is 274 g/mol. The van der Waals surface area contributed by atoms with E-state index >= 15 is 0 Å². The number of benzene rings is 2. The molecule has 0 saturated heterocycles. The van der Waals surface area contributed by atoms with Gasteiger partial charge in [0, 0.05) is 23.8 Å². The van der Waals surface area contributed by atoms with E-state index in [0.29, 0.717) is 23.8 Å². The van der Waals surface area contributed by atoms with Gasteiger partial charge in [0.1, 0.15) is 0 Å². The average molecular weight is 290 g/mol. The molecule has 104 valence electrons. The van der Waals surface area contributed by atoms with Crippen molar-refractivity contribution in [1.29, 1.82) is 0 Å². The summed E-state index contributed by atoms with van der Waals surface area (Å²) in [6, 6.07) is 14.5. The number of hydrogen-bond donors (Lipinski definition) is 3. The molecule has 5 heteroatoms. The third kappa shape index (κ3) is 4.26. The first-order valence-corrected chi connectivity index (χ1v) is 6.63. The molecule has 4 nitrogen and oxygen atoms in total. The maximum atomic E-state index is 11.7. The molecule has 0 aliphatic heterocycles. The van der Waals surface area contributed by atoms with Crippen molar-refractivity contribution in [2.45, 2.75) is 13.1 Å². The summed E-state index contributed by atoms with van der Waals surface area (Å²) < 4.78 is 0. The quantitative estimate of drug-likeness (QED) is 0.809. The minimum absolute atomic E-state index is 0.254. The maximum absolute atomic E-state index is 11.7. The highest BCUT2D eigenvalue weighted by molar-refractivity contribution is 6.30. The summed E-state index contributed by atoms with van der Waals surface area (Å²) in [7, 11) is 0. The van der Waals surface area contributed by atoms with E-state index in [9.17, 15) is 4.79 Å². The third-order valence-electron chi connectivity index (χ3n) is 2.81. The molecule has 0 heterocycles. The van der Waals surface area contributed by atoms with Gasteiger partial charge in [0.2, 0.25) is 0 Å². The van der Waals surface area contributed by atoms with Gasteiger partial charge in [-0.15, -0.1) is 0 Å². The summed E-state index contributed by atoms with van der Waals surface area (Å²) in [6.45, 7) is 0.981. The van der Waals surface area contributed by atoms with Crippen LogP contribution in [-0.2, 0) is 13.1 Å². The van der Waals surface area contributed by atoms with Crippen molar-refractivity contribution >= 4 is 23.3 Å². The van der Waals surface area contributed by atoms with E-state index < -0.39 is 0 Å². The van der Waals surface area contributed by atoms with Gasteiger partial charge in [-0.1, -0.05) is 35.9 Å². The summed E-state index contributed by atoms with van der Waals surface area (Å²) in [5, 5.41) is 6.15. The summed E-state index contributed by atoms with van der Waals surface area (Å²) in [6.07, 6.45) is 0. The normalized spacial score (nSPS) is 10.1. The van der Waals surface area contributed by atoms with Crippen LogP contribution in [0.2, 0.25) is 5.02 Å². The van der Waals surface area contributed by atoms with Gasteiger partial charge in [0.15, 0.2) is 0 Å². The molecule has 0 saturated carbocycles. The highest BCUT2D eigenvalue weighted by Crippen LogP contribution is 2.13. The Morgan fingerprint density at radius 3 is 2.20 bits per heavy atom. The van der Waals surface area contributed by atoms with Crippen LogP contribution in [0.15, 0.2) is 48.5 Å². The van der Waals surface area contributed by atoms with Crippen molar-refractivity contribution in [3.8, 4) is 0 Å². The van der Waals surface area contributed by atoms with Crippen molar-refractivity contribution in [2.24, 2.45) is 5.73 Å². The number of nitrogens with one attached hydrogen (secondary N) is 2. The molecule has 0 bridgehead atoms. The highest BCUT2D eigenvalue weighted by atomic mass is 35.5. The number of carbonyl (C=O) groups is 1. The van der Waals surface area contributed by atoms with E-state index in [1.54, 1.807) is 24.3 Å². The zero-order chi connectivity index (χ0) is 14.4. The molecule has 0 aromatic heterocycles. The molecule has 2 aromatic carbocycles. The number of halogens is 1. The second kappa shape index (κ2) is 6.93. The first-order valence-electron chi connectivity index (χ1n) is 6.25. The Morgan fingerprint density at radius 1 is 1.00 bits per heavy atom. The van der Waals surface area contributed by atoms with Crippen molar-refractivity contribution in [3.05, 3.63) is 64.7 Å². The Balaban J connectivity index is 1.83. The van der Waals surface area contributed by atoms with Crippen LogP contribution in [0.3, 0.4) is 0 Å². The van der Waals surface area contributed by atoms with Crippen molar-refractivity contribution in [2.75, 3.05) is 5.32 Å². The summed E-state index contributed by atoms with van der Waals surface area (Å²) in [5.74, 6) is 0. The second-order valence-corrected chi connectivity index (χ2v) is 4.77. The third-order valence-corrected chi connectivity index (χ3v) is 3.07. The summed E-state index contributed by atoms with van der Waals surface area (Å²) >= 11 is 5.78. The Kier molecular flexibility index (Phi) is 4.98. The fourth-order valence-electron chi connectivity index (χ4n) is 1.68. The molecule has 0 spiro atoms. The van der Waals surface area contributed by atoms with E-state index in [1.165, 1.54) is 0 Å². The van der Waals surface area contributed by atoms with Gasteiger partial charge in [-0.2, -0.15) is 0 Å². The Hall–Kier alpha value is -2.04. The second-order valence-electron chi connectivity index (χ2n) is 4.34. The largest absolute Gasteiger partial charge is 0.334 e. The molecule has 20 heavy (non-hydrogen) atoms. The fraction of sp³-hybridized carbons (Fsp3) is 0.133. The van der Waals surface area contributed by atoms with Crippen LogP contribution in [0, 0.1) is 0 Å². The SMILES string of the molecule is NCc1ccc(CNC(=O)Nc2ccc(Cl)cc2)cc1. The van der Waals surface area contributed by atoms with Gasteiger partial charge in [0.25, 0.3) is 0 Å². The number of amides is 2. The lowest BCUT2D eigenvalue weighted by molar-refractivity contribution is 0.251. The van der Waals surface area contributed by atoms with Crippen LogP contribution in [0.25, 0.3) is 0 Å². The monoisotopic (exact) mass is 289 g/mol. The summed E-state index contributed by atoms with van der Waals surface area (Å²) in [5.41, 5.74) is 8.32. The molecule has 4 N–H and O–H groups in total. The number of rotatable bonds is 4. The van der Waals surface area contributed by atoms with Gasteiger partial charge in [0.05, 0.1) is 0 Å². The van der Waals surface area contributed by atoms with E-state index in [0.717, 1.165) is 11.1 Å². The predicted octanol–water partition coefficient (Wildman–Crippen LogP) is 3.12. The zero-order valence-corrected chi connectivity index (χ0v) is 11.7. The van der Waals surface area contributed by atoms with Crippen molar-refractivity contribution in [1.82, 2.24) is 5.32 Å². The van der Waals surface area contributed by atoms with Crippen LogP contribution < -0.4 is 16.4 Å². The number of urea groups is 1. The van der Waals surface area contributed by atoms with Crippen molar-refractivity contribution in [3.63, 3.8) is 0 Å². The Bertz CT molecular complexity index is 567. The Labute approximate surface area is 122 Å². The molecular formula is C15H16ClN3O. The van der Waals surface area contributed by atoms with Crippen molar-refractivity contribution < 1.29 is 4.79 Å². The minimum atomic E-state index is -0.254. The number of carbonyl (C=O) groups excluding carboxylic acids is 1. The van der Waals surface area contributed by atoms with E-state index in [2.05, 4.69) is 10.6 Å². The standard InChI is InChI=1S/C15H16ClN3O/c16-13-5-7-14(8-6-13)19-15(20)18-10-12-3-1-11(9-17)2-4-12/h1-8H,9-10,17H2,(H2,18,19,20). The fourth-order valence-corrected chi connectivity index (χ4v) is 1.81. The van der Waals surface area contributed by atoms with Gasteiger partial charge in [-0.05, 0) is 35.4 Å². The van der Waals surface area contributed by atoms with E-state index in [-0.39, 0.29) is 6.03 Å². The Morgan fingerprint density at radius 2 is 1.60 bits per heavy atom. The smallest absolute Gasteiger partial charge is 0.319 e. The van der Waals surface area contributed by atoms with Crippen LogP contribution in [0.1, 0.15) is 11.1 Å². The lowest BCUT2D eigenvalue weighted by Gasteiger charge is -2.08. The molecule has 0 fully saturated rings. The molecule has 0 atom stereocenters. The molecule has 2 rings (SSSR count). The topological polar surface area (TPSA) is 67.1 Å². The first-order chi connectivity index (χ1) is 9.67. The number of anilines is 1. The average Bonchev–Trinajstić information content (AvgIpc) is 2.48. The first kappa shape index (κ1) is 14.4. The van der Waals surface area contributed by atoms with E-state index in [1.807, 2.05) is 24.3 Å². The van der Waals surface area contributed by atoms with Crippen LogP contribution >= 0.6 is 11.6 Å². The van der Waals surface area contributed by atoms with Gasteiger partial charge in [-0.3, -0.25) is 0 Å². The highest BCUT2D eigenvalue weighted by Gasteiger charge is 2.01. The number of nitrogens with two attached hydrogens (primary N) is 1. The van der Waals surface area contributed by atoms with E-state index in [4.69, 9.17) is 17.3 Å². The molecule has 0 radical (unpaired) electrons. The lowest BCUT2D eigenvalue weighted by atomic mass is 10.1. The molecule has 0 unspecified atom stereocenters. The number of hydrogen-bond acceptors (Lipinski definition) is 2. The van der Waals surface area contributed by atoms with Gasteiger partial charge < -0.3 is 16.4 Å². The molecule has 0 aliphatic carbocycles. The van der Waals surface area contributed by atoms with Crippen LogP contribution in [-0.4, -0.2) is 6.03 Å². The summed E-state index contributed by atoms with van der Waals surface area (Å²) in [4.78, 5) is 11.7. The zero-order valence-electron chi connectivity index (χ0n) is 10.9. The molecule has 2 amide bonds. The van der Waals surface area contributed by atoms with Crippen LogP contribution in [0.5, 0.6) is 0 Å². The predicted molar refractivity (Wildman–Crippen MR) is 81.6 cm³/mol. The maximum Gasteiger partial charge on any atom is 0.319 e. The molecule has 0 aliphatic rings. The van der Waals surface area contributed by atoms with Crippen LogP contribution in [0.4, 0.5) is 10.5 Å². The minimum Gasteiger partial charge on any atom is -0.334 e. The molecule has 2 aromatic rings. The van der Waals surface area contributed by atoms with Gasteiger partial charge in [-0.25, -0.2) is 4.79 Å². The van der Waals surface area contributed by atoms with Gasteiger partial charge >= 0.3 is 6.03 Å².